The topological polar surface area (TPSA) is 40.5 Å². The zero-order chi connectivity index (χ0) is 21.2. The third kappa shape index (κ3) is 13.3. The number of unbranched alkanes of at least 4 members (excludes halogenated alkanes) is 13. The van der Waals surface area contributed by atoms with E-state index in [0.717, 1.165) is 32.9 Å². The van der Waals surface area contributed by atoms with Crippen molar-refractivity contribution in [1.29, 1.82) is 0 Å². The number of amides is 1. The molecule has 0 aliphatic carbocycles. The molecule has 0 saturated carbocycles. The van der Waals surface area contributed by atoms with Crippen LogP contribution in [0.25, 0.3) is 0 Å². The highest BCUT2D eigenvalue weighted by molar-refractivity contribution is 7.47. The highest BCUT2D eigenvalue weighted by atomic mass is 31.1. The van der Waals surface area contributed by atoms with E-state index in [1.54, 1.807) is 4.90 Å². The molecule has 1 heterocycles. The van der Waals surface area contributed by atoms with Crippen molar-refractivity contribution >= 4 is 19.5 Å². The fourth-order valence-electron chi connectivity index (χ4n) is 3.85. The lowest BCUT2D eigenvalue weighted by atomic mass is 10.0. The number of rotatable bonds is 20. The summed E-state index contributed by atoms with van der Waals surface area (Å²) >= 11 is 0. The van der Waals surface area contributed by atoms with Crippen LogP contribution in [0.4, 0.5) is 0 Å². The Morgan fingerprint density at radius 1 is 0.862 bits per heavy atom. The molecule has 0 aromatic carbocycles. The van der Waals surface area contributed by atoms with Crippen molar-refractivity contribution in [2.45, 2.75) is 129 Å². The molecule has 1 amide bonds. The number of aliphatic hydroxyl groups excluding tert-OH is 1. The van der Waals surface area contributed by atoms with Crippen molar-refractivity contribution in [2.24, 2.45) is 0 Å². The number of aliphatic hydroxyl groups is 1. The lowest BCUT2D eigenvalue weighted by Gasteiger charge is -2.27. The van der Waals surface area contributed by atoms with Crippen LogP contribution >= 0.6 is 8.20 Å². The number of nitrogens with zero attached hydrogens (tertiary/aromatic N) is 1. The fourth-order valence-corrected chi connectivity index (χ4v) is 4.46. The second-order valence-corrected chi connectivity index (χ2v) is 9.61. The van der Waals surface area contributed by atoms with Gasteiger partial charge in [-0.15, -0.1) is 0 Å². The third-order valence-electron chi connectivity index (χ3n) is 5.76. The zero-order valence-electron chi connectivity index (χ0n) is 19.2. The number of hydrogen-bond donors (Lipinski definition) is 1. The molecule has 1 aliphatic rings. The predicted octanol–water partition coefficient (Wildman–Crippen LogP) is 7.45. The van der Waals surface area contributed by atoms with E-state index in [1.165, 1.54) is 83.5 Å². The molecule has 29 heavy (non-hydrogen) atoms. The monoisotopic (exact) mass is 423 g/mol. The molecule has 0 fully saturated rings. The van der Waals surface area contributed by atoms with Crippen LogP contribution in [0.1, 0.15) is 123 Å². The Hall–Kier alpha value is -0.660. The molecule has 1 N–H and O–H groups in total. The summed E-state index contributed by atoms with van der Waals surface area (Å²) in [7, 11) is 1.10. The first-order valence-electron chi connectivity index (χ1n) is 12.4. The first-order chi connectivity index (χ1) is 14.2. The zero-order valence-corrected chi connectivity index (χ0v) is 20.1. The summed E-state index contributed by atoms with van der Waals surface area (Å²) in [4.78, 5) is 14.1. The Bertz CT molecular complexity index is 475. The SMILES string of the molecule is CCCCCCCCCCCCCCCCC(O)CN(C(=O)CCC)C1=PC=C1. The summed E-state index contributed by atoms with van der Waals surface area (Å²) in [6.07, 6.45) is 22.7. The Balaban J connectivity index is 1.94. The predicted molar refractivity (Wildman–Crippen MR) is 129 cm³/mol. The van der Waals surface area contributed by atoms with Gasteiger partial charge in [-0.3, -0.25) is 4.79 Å². The minimum Gasteiger partial charge on any atom is -0.391 e. The molecule has 1 atom stereocenters. The van der Waals surface area contributed by atoms with Gasteiger partial charge in [0.2, 0.25) is 5.91 Å². The summed E-state index contributed by atoms with van der Waals surface area (Å²) in [6.45, 7) is 4.77. The van der Waals surface area contributed by atoms with Gasteiger partial charge in [-0.05, 0) is 32.9 Å². The molecular weight excluding hydrogens is 377 g/mol. The largest absolute Gasteiger partial charge is 0.391 e. The van der Waals surface area contributed by atoms with E-state index < -0.39 is 6.10 Å². The average Bonchev–Trinajstić information content (AvgIpc) is 2.66. The molecule has 0 aromatic heterocycles. The van der Waals surface area contributed by atoms with Crippen LogP contribution in [-0.2, 0) is 4.79 Å². The number of carbonyl (C=O) groups is 1. The Kier molecular flexibility index (Phi) is 16.5. The molecule has 1 unspecified atom stereocenters. The lowest BCUT2D eigenvalue weighted by Crippen LogP contribution is -2.41. The Morgan fingerprint density at radius 2 is 1.34 bits per heavy atom. The van der Waals surface area contributed by atoms with Gasteiger partial charge in [0.05, 0.1) is 18.1 Å². The lowest BCUT2D eigenvalue weighted by molar-refractivity contribution is -0.128. The molecule has 168 valence electrons. The average molecular weight is 424 g/mol. The molecular formula is C25H46NO2P. The first-order valence-corrected chi connectivity index (χ1v) is 13.4. The molecule has 1 rings (SSSR count). The standard InChI is InChI=1S/C25H46NO2P/c1-3-5-6-7-8-9-10-11-12-13-14-15-16-17-19-23(27)22-26(24(28)18-4-2)25-20-21-29-25/h20-21,23,27H,3-19,22H2,1-2H3. The Morgan fingerprint density at radius 3 is 1.76 bits per heavy atom. The molecule has 3 nitrogen and oxygen atoms in total. The molecule has 1 aliphatic heterocycles. The van der Waals surface area contributed by atoms with E-state index in [-0.39, 0.29) is 5.91 Å². The number of hydrogen-bond acceptors (Lipinski definition) is 2. The van der Waals surface area contributed by atoms with Crippen LogP contribution in [0.15, 0.2) is 11.9 Å². The van der Waals surface area contributed by atoms with Gasteiger partial charge in [0.25, 0.3) is 0 Å². The van der Waals surface area contributed by atoms with Crippen molar-refractivity contribution in [1.82, 2.24) is 4.90 Å². The van der Waals surface area contributed by atoms with E-state index in [0.29, 0.717) is 13.0 Å². The summed E-state index contributed by atoms with van der Waals surface area (Å²) in [6, 6.07) is 0. The van der Waals surface area contributed by atoms with E-state index in [2.05, 4.69) is 6.92 Å². The van der Waals surface area contributed by atoms with Gasteiger partial charge in [-0.2, -0.15) is 0 Å². The summed E-state index contributed by atoms with van der Waals surface area (Å²) in [5.74, 6) is 2.20. The minimum absolute atomic E-state index is 0.152. The maximum Gasteiger partial charge on any atom is 0.227 e. The normalized spacial score (nSPS) is 14.4. The second kappa shape index (κ2) is 18.1. The highest BCUT2D eigenvalue weighted by Crippen LogP contribution is 2.20. The second-order valence-electron chi connectivity index (χ2n) is 8.60. The van der Waals surface area contributed by atoms with Crippen LogP contribution in [0, 0.1) is 0 Å². The maximum absolute atomic E-state index is 12.3. The van der Waals surface area contributed by atoms with Crippen molar-refractivity contribution in [3.05, 3.63) is 11.9 Å². The maximum atomic E-state index is 12.3. The first kappa shape index (κ1) is 26.4. The van der Waals surface area contributed by atoms with Gasteiger partial charge < -0.3 is 10.0 Å². The molecule has 0 bridgehead atoms. The van der Waals surface area contributed by atoms with Crippen molar-refractivity contribution in [3.63, 3.8) is 0 Å². The summed E-state index contributed by atoms with van der Waals surface area (Å²) in [5, 5.41) is 10.4. The van der Waals surface area contributed by atoms with Gasteiger partial charge in [-0.25, -0.2) is 0 Å². The quantitative estimate of drug-likeness (QED) is 0.163. The highest BCUT2D eigenvalue weighted by Gasteiger charge is 2.21. The van der Waals surface area contributed by atoms with Crippen LogP contribution in [-0.4, -0.2) is 34.0 Å². The molecule has 0 saturated heterocycles. The summed E-state index contributed by atoms with van der Waals surface area (Å²) < 4.78 is 0. The van der Waals surface area contributed by atoms with Gasteiger partial charge in [-0.1, -0.05) is 104 Å². The van der Waals surface area contributed by atoms with Gasteiger partial charge in [0.15, 0.2) is 0 Å². The van der Waals surface area contributed by atoms with Crippen LogP contribution in [0.2, 0.25) is 0 Å². The Labute approximate surface area is 182 Å². The van der Waals surface area contributed by atoms with E-state index in [4.69, 9.17) is 0 Å². The molecule has 0 spiro atoms. The van der Waals surface area contributed by atoms with E-state index >= 15 is 0 Å². The van der Waals surface area contributed by atoms with Gasteiger partial charge >= 0.3 is 0 Å². The number of carbonyl (C=O) groups excluding carboxylic acids is 1. The van der Waals surface area contributed by atoms with E-state index in [9.17, 15) is 9.90 Å². The summed E-state index contributed by atoms with van der Waals surface area (Å²) in [5.41, 5.74) is 1.04. The third-order valence-corrected chi connectivity index (χ3v) is 6.71. The van der Waals surface area contributed by atoms with E-state index in [1.807, 2.05) is 18.8 Å². The smallest absolute Gasteiger partial charge is 0.227 e. The fraction of sp³-hybridized carbons (Fsp3) is 0.840. The molecule has 0 aromatic rings. The van der Waals surface area contributed by atoms with Gasteiger partial charge in [0, 0.05) is 6.42 Å². The van der Waals surface area contributed by atoms with Crippen LogP contribution in [0.3, 0.4) is 0 Å². The van der Waals surface area contributed by atoms with Gasteiger partial charge in [0.1, 0.15) is 0 Å². The van der Waals surface area contributed by atoms with Crippen LogP contribution < -0.4 is 0 Å². The van der Waals surface area contributed by atoms with Crippen molar-refractivity contribution < 1.29 is 9.90 Å². The molecule has 0 radical (unpaired) electrons. The van der Waals surface area contributed by atoms with Crippen molar-refractivity contribution in [3.8, 4) is 0 Å². The molecule has 4 heteroatoms. The van der Waals surface area contributed by atoms with Crippen LogP contribution in [0.5, 0.6) is 0 Å². The van der Waals surface area contributed by atoms with Crippen molar-refractivity contribution in [2.75, 3.05) is 6.54 Å². The minimum atomic E-state index is -0.398.